The molecule has 0 saturated carbocycles. The maximum absolute atomic E-state index is 10.9. The summed E-state index contributed by atoms with van der Waals surface area (Å²) in [5, 5.41) is 9.91. The molecule has 1 aromatic heterocycles. The largest absolute Gasteiger partial charge is 0.481 e. The molecule has 0 spiro atoms. The maximum atomic E-state index is 10.9. The second kappa shape index (κ2) is 5.66. The highest BCUT2D eigenvalue weighted by Gasteiger charge is 2.13. The minimum Gasteiger partial charge on any atom is -0.481 e. The molecule has 21 heavy (non-hydrogen) atoms. The molecule has 0 aliphatic heterocycles. The number of fused-ring (bicyclic) bond motifs is 1. The van der Waals surface area contributed by atoms with Crippen molar-refractivity contribution >= 4 is 28.7 Å². The number of benzene rings is 2. The molecule has 0 radical (unpaired) electrons. The Balaban J connectivity index is 2.09. The topological polar surface area (TPSA) is 50.4 Å². The number of aliphatic carboxylic acids is 1. The summed E-state index contributed by atoms with van der Waals surface area (Å²) >= 11 is 1.70. The lowest BCUT2D eigenvalue weighted by atomic mass is 10.0. The Labute approximate surface area is 126 Å². The molecule has 3 nitrogen and oxygen atoms in total. The number of para-hydroxylation sites is 1. The van der Waals surface area contributed by atoms with Gasteiger partial charge in [-0.1, -0.05) is 30.3 Å². The van der Waals surface area contributed by atoms with Crippen molar-refractivity contribution in [3.8, 4) is 11.1 Å². The molecule has 0 saturated heterocycles. The van der Waals surface area contributed by atoms with Gasteiger partial charge in [-0.25, -0.2) is 0 Å². The average Bonchev–Trinajstić information content (AvgIpc) is 2.92. The van der Waals surface area contributed by atoms with E-state index in [1.807, 2.05) is 18.4 Å². The number of rotatable bonds is 4. The third-order valence-electron chi connectivity index (χ3n) is 3.42. The number of carbonyl (C=O) groups is 1. The first kappa shape index (κ1) is 13.8. The van der Waals surface area contributed by atoms with Gasteiger partial charge in [0.1, 0.15) is 5.58 Å². The fourth-order valence-electron chi connectivity index (χ4n) is 2.41. The third kappa shape index (κ3) is 2.67. The van der Waals surface area contributed by atoms with Crippen molar-refractivity contribution in [2.75, 3.05) is 6.26 Å². The lowest BCUT2D eigenvalue weighted by Crippen LogP contribution is -1.99. The molecule has 1 heterocycles. The van der Waals surface area contributed by atoms with Crippen molar-refractivity contribution in [3.05, 3.63) is 54.3 Å². The molecule has 0 unspecified atom stereocenters. The quantitative estimate of drug-likeness (QED) is 0.723. The van der Waals surface area contributed by atoms with E-state index in [1.54, 1.807) is 24.1 Å². The average molecular weight is 298 g/mol. The fourth-order valence-corrected chi connectivity index (χ4v) is 2.82. The Morgan fingerprint density at radius 2 is 1.95 bits per heavy atom. The monoisotopic (exact) mass is 298 g/mol. The van der Waals surface area contributed by atoms with E-state index < -0.39 is 5.97 Å². The molecule has 0 aliphatic rings. The molecule has 0 aliphatic carbocycles. The van der Waals surface area contributed by atoms with Gasteiger partial charge >= 0.3 is 5.97 Å². The van der Waals surface area contributed by atoms with Crippen LogP contribution in [0.15, 0.2) is 58.0 Å². The van der Waals surface area contributed by atoms with Crippen LogP contribution in [0.3, 0.4) is 0 Å². The molecular weight excluding hydrogens is 284 g/mol. The van der Waals surface area contributed by atoms with Gasteiger partial charge in [0, 0.05) is 21.4 Å². The predicted molar refractivity (Wildman–Crippen MR) is 84.8 cm³/mol. The van der Waals surface area contributed by atoms with Gasteiger partial charge in [-0.2, -0.15) is 0 Å². The van der Waals surface area contributed by atoms with Gasteiger partial charge in [-0.3, -0.25) is 4.79 Å². The van der Waals surface area contributed by atoms with E-state index in [0.717, 1.165) is 16.5 Å². The normalized spacial score (nSPS) is 10.9. The maximum Gasteiger partial charge on any atom is 0.307 e. The van der Waals surface area contributed by atoms with Gasteiger partial charge < -0.3 is 9.52 Å². The van der Waals surface area contributed by atoms with Crippen molar-refractivity contribution in [2.24, 2.45) is 0 Å². The summed E-state index contributed by atoms with van der Waals surface area (Å²) in [6.07, 6.45) is 3.71. The van der Waals surface area contributed by atoms with Crippen LogP contribution in [0.2, 0.25) is 0 Å². The van der Waals surface area contributed by atoms with Crippen molar-refractivity contribution in [3.63, 3.8) is 0 Å². The van der Waals surface area contributed by atoms with Gasteiger partial charge in [-0.05, 0) is 24.0 Å². The molecule has 0 amide bonds. The molecular formula is C17H14O3S. The van der Waals surface area contributed by atoms with E-state index in [9.17, 15) is 4.79 Å². The minimum absolute atomic E-state index is 0.0320. The summed E-state index contributed by atoms with van der Waals surface area (Å²) in [5.74, 6) is -0.857. The zero-order chi connectivity index (χ0) is 14.8. The lowest BCUT2D eigenvalue weighted by Gasteiger charge is -2.02. The van der Waals surface area contributed by atoms with Crippen LogP contribution in [-0.2, 0) is 11.2 Å². The second-order valence-electron chi connectivity index (χ2n) is 4.74. The highest BCUT2D eigenvalue weighted by Crippen LogP contribution is 2.33. The molecule has 3 rings (SSSR count). The van der Waals surface area contributed by atoms with Gasteiger partial charge in [0.25, 0.3) is 0 Å². The Hall–Kier alpha value is -2.20. The van der Waals surface area contributed by atoms with Gasteiger partial charge in [-0.15, -0.1) is 11.8 Å². The number of thioether (sulfide) groups is 1. The molecule has 0 bridgehead atoms. The van der Waals surface area contributed by atoms with Crippen molar-refractivity contribution in [1.29, 1.82) is 0 Å². The first-order valence-electron chi connectivity index (χ1n) is 6.54. The zero-order valence-corrected chi connectivity index (χ0v) is 12.3. The SMILES string of the molecule is CSc1ccc(-c2coc3c(CC(=O)O)cccc23)cc1. The first-order valence-corrected chi connectivity index (χ1v) is 7.77. The van der Waals surface area contributed by atoms with E-state index in [-0.39, 0.29) is 6.42 Å². The molecule has 3 aromatic rings. The van der Waals surface area contributed by atoms with Crippen LogP contribution in [0, 0.1) is 0 Å². The van der Waals surface area contributed by atoms with Crippen LogP contribution in [0.25, 0.3) is 22.1 Å². The number of hydrogen-bond donors (Lipinski definition) is 1. The Bertz CT molecular complexity index is 787. The van der Waals surface area contributed by atoms with Crippen LogP contribution < -0.4 is 0 Å². The molecule has 0 atom stereocenters. The zero-order valence-electron chi connectivity index (χ0n) is 11.5. The smallest absolute Gasteiger partial charge is 0.307 e. The molecule has 4 heteroatoms. The van der Waals surface area contributed by atoms with Crippen molar-refractivity contribution in [2.45, 2.75) is 11.3 Å². The number of hydrogen-bond acceptors (Lipinski definition) is 3. The second-order valence-corrected chi connectivity index (χ2v) is 5.62. The first-order chi connectivity index (χ1) is 10.2. The third-order valence-corrected chi connectivity index (χ3v) is 4.17. The number of furan rings is 1. The van der Waals surface area contributed by atoms with Gasteiger partial charge in [0.2, 0.25) is 0 Å². The van der Waals surface area contributed by atoms with Crippen molar-refractivity contribution in [1.82, 2.24) is 0 Å². The molecule has 106 valence electrons. The summed E-state index contributed by atoms with van der Waals surface area (Å²) in [7, 11) is 0. The molecule has 1 N–H and O–H groups in total. The highest BCUT2D eigenvalue weighted by molar-refractivity contribution is 7.98. The summed E-state index contributed by atoms with van der Waals surface area (Å²) in [5.41, 5.74) is 3.42. The Kier molecular flexibility index (Phi) is 3.71. The summed E-state index contributed by atoms with van der Waals surface area (Å²) in [4.78, 5) is 12.1. The minimum atomic E-state index is -0.857. The molecule has 2 aromatic carbocycles. The number of carboxylic acids is 1. The Morgan fingerprint density at radius 1 is 1.19 bits per heavy atom. The van der Waals surface area contributed by atoms with Crippen LogP contribution in [0.4, 0.5) is 0 Å². The van der Waals surface area contributed by atoms with Crippen LogP contribution in [-0.4, -0.2) is 17.3 Å². The fraction of sp³-hybridized carbons (Fsp3) is 0.118. The van der Waals surface area contributed by atoms with E-state index >= 15 is 0 Å². The van der Waals surface area contributed by atoms with E-state index in [2.05, 4.69) is 24.3 Å². The lowest BCUT2D eigenvalue weighted by molar-refractivity contribution is -0.136. The Morgan fingerprint density at radius 3 is 2.62 bits per heavy atom. The summed E-state index contributed by atoms with van der Waals surface area (Å²) in [6, 6.07) is 13.9. The van der Waals surface area contributed by atoms with Crippen molar-refractivity contribution < 1.29 is 14.3 Å². The highest BCUT2D eigenvalue weighted by atomic mass is 32.2. The predicted octanol–water partition coefficient (Wildman–Crippen LogP) is 4.45. The van der Waals surface area contributed by atoms with E-state index in [0.29, 0.717) is 11.1 Å². The summed E-state index contributed by atoms with van der Waals surface area (Å²) < 4.78 is 5.62. The number of carboxylic acid groups (broad SMARTS) is 1. The van der Waals surface area contributed by atoms with Gasteiger partial charge in [0.15, 0.2) is 0 Å². The van der Waals surface area contributed by atoms with E-state index in [4.69, 9.17) is 9.52 Å². The molecule has 0 fully saturated rings. The van der Waals surface area contributed by atoms with Crippen LogP contribution in [0.1, 0.15) is 5.56 Å². The van der Waals surface area contributed by atoms with Gasteiger partial charge in [0.05, 0.1) is 12.7 Å². The van der Waals surface area contributed by atoms with Crippen LogP contribution in [0.5, 0.6) is 0 Å². The van der Waals surface area contributed by atoms with Crippen LogP contribution >= 0.6 is 11.8 Å². The standard InChI is InChI=1S/C17H14O3S/c1-21-13-7-5-11(6-8-13)15-10-20-17-12(9-16(18)19)3-2-4-14(15)17/h2-8,10H,9H2,1H3,(H,18,19). The van der Waals surface area contributed by atoms with E-state index in [1.165, 1.54) is 4.90 Å². The summed E-state index contributed by atoms with van der Waals surface area (Å²) in [6.45, 7) is 0.